The van der Waals surface area contributed by atoms with E-state index in [1.165, 1.54) is 5.56 Å². The highest BCUT2D eigenvalue weighted by Gasteiger charge is 2.19. The van der Waals surface area contributed by atoms with Crippen molar-refractivity contribution in [3.05, 3.63) is 23.9 Å². The summed E-state index contributed by atoms with van der Waals surface area (Å²) in [5.41, 5.74) is 1.23. The highest BCUT2D eigenvalue weighted by Crippen LogP contribution is 2.21. The van der Waals surface area contributed by atoms with Crippen molar-refractivity contribution in [2.75, 3.05) is 31.1 Å². The number of aliphatic hydroxyl groups is 1. The van der Waals surface area contributed by atoms with E-state index in [9.17, 15) is 5.11 Å². The van der Waals surface area contributed by atoms with Crippen LogP contribution in [0.2, 0.25) is 0 Å². The Labute approximate surface area is 115 Å². The fourth-order valence-electron chi connectivity index (χ4n) is 2.54. The Morgan fingerprint density at radius 1 is 1.47 bits per heavy atom. The van der Waals surface area contributed by atoms with Gasteiger partial charge in [-0.15, -0.1) is 0 Å². The third-order valence-electron chi connectivity index (χ3n) is 3.67. The standard InChI is InChI=1S/C15H25N3O/c1-2-7-16-9-13-5-6-15(17-10-13)18-8-3-4-14(11-18)12-19/h5-6,10,14,16,19H,2-4,7-9,11-12H2,1H3. The number of pyridine rings is 1. The second-order valence-electron chi connectivity index (χ2n) is 5.34. The highest BCUT2D eigenvalue weighted by molar-refractivity contribution is 5.39. The Kier molecular flexibility index (Phi) is 5.61. The zero-order valence-electron chi connectivity index (χ0n) is 11.8. The normalized spacial score (nSPS) is 19.7. The number of aromatic nitrogens is 1. The van der Waals surface area contributed by atoms with Crippen LogP contribution in [-0.4, -0.2) is 36.3 Å². The van der Waals surface area contributed by atoms with Crippen LogP contribution in [0.5, 0.6) is 0 Å². The first-order valence-electron chi connectivity index (χ1n) is 7.35. The molecule has 0 spiro atoms. The predicted molar refractivity (Wildman–Crippen MR) is 78.3 cm³/mol. The smallest absolute Gasteiger partial charge is 0.128 e. The highest BCUT2D eigenvalue weighted by atomic mass is 16.3. The van der Waals surface area contributed by atoms with Gasteiger partial charge in [-0.05, 0) is 43.4 Å². The van der Waals surface area contributed by atoms with E-state index in [1.54, 1.807) is 0 Å². The molecule has 19 heavy (non-hydrogen) atoms. The van der Waals surface area contributed by atoms with E-state index in [4.69, 9.17) is 0 Å². The number of hydrogen-bond acceptors (Lipinski definition) is 4. The van der Waals surface area contributed by atoms with Gasteiger partial charge in [0.05, 0.1) is 0 Å². The number of aliphatic hydroxyl groups excluding tert-OH is 1. The van der Waals surface area contributed by atoms with Crippen LogP contribution in [0.4, 0.5) is 5.82 Å². The average molecular weight is 263 g/mol. The van der Waals surface area contributed by atoms with E-state index in [-0.39, 0.29) is 6.61 Å². The molecule has 0 aromatic carbocycles. The van der Waals surface area contributed by atoms with E-state index < -0.39 is 0 Å². The molecule has 106 valence electrons. The van der Waals surface area contributed by atoms with Crippen molar-refractivity contribution in [3.8, 4) is 0 Å². The molecule has 0 saturated carbocycles. The maximum Gasteiger partial charge on any atom is 0.128 e. The van der Waals surface area contributed by atoms with Crippen molar-refractivity contribution in [2.45, 2.75) is 32.7 Å². The lowest BCUT2D eigenvalue weighted by atomic mass is 9.99. The molecule has 0 bridgehead atoms. The molecule has 1 atom stereocenters. The maximum absolute atomic E-state index is 9.26. The van der Waals surface area contributed by atoms with Gasteiger partial charge < -0.3 is 15.3 Å². The molecule has 4 heteroatoms. The van der Waals surface area contributed by atoms with Crippen LogP contribution in [0.3, 0.4) is 0 Å². The van der Waals surface area contributed by atoms with Crippen LogP contribution in [0.1, 0.15) is 31.7 Å². The third kappa shape index (κ3) is 4.18. The van der Waals surface area contributed by atoms with E-state index in [0.29, 0.717) is 5.92 Å². The summed E-state index contributed by atoms with van der Waals surface area (Å²) in [6.07, 6.45) is 5.39. The molecule has 1 fully saturated rings. The molecule has 1 aromatic heterocycles. The summed E-state index contributed by atoms with van der Waals surface area (Å²) < 4.78 is 0. The van der Waals surface area contributed by atoms with Gasteiger partial charge in [-0.25, -0.2) is 4.98 Å². The molecule has 1 saturated heterocycles. The van der Waals surface area contributed by atoms with E-state index >= 15 is 0 Å². The third-order valence-corrected chi connectivity index (χ3v) is 3.67. The second kappa shape index (κ2) is 7.46. The van der Waals surface area contributed by atoms with E-state index in [1.807, 2.05) is 6.20 Å². The number of nitrogens with zero attached hydrogens (tertiary/aromatic N) is 2. The number of hydrogen-bond donors (Lipinski definition) is 2. The van der Waals surface area contributed by atoms with Crippen molar-refractivity contribution in [1.29, 1.82) is 0 Å². The maximum atomic E-state index is 9.26. The van der Waals surface area contributed by atoms with Gasteiger partial charge in [0.25, 0.3) is 0 Å². The SMILES string of the molecule is CCCNCc1ccc(N2CCCC(CO)C2)nc1. The summed E-state index contributed by atoms with van der Waals surface area (Å²) in [7, 11) is 0. The Bertz CT molecular complexity index is 366. The van der Waals surface area contributed by atoms with Gasteiger partial charge in [0.15, 0.2) is 0 Å². The van der Waals surface area contributed by atoms with Crippen LogP contribution in [0.15, 0.2) is 18.3 Å². The Balaban J connectivity index is 1.90. The molecule has 1 aliphatic rings. The van der Waals surface area contributed by atoms with Gasteiger partial charge in [0, 0.05) is 32.4 Å². The summed E-state index contributed by atoms with van der Waals surface area (Å²) in [5.74, 6) is 1.44. The summed E-state index contributed by atoms with van der Waals surface area (Å²) in [5, 5.41) is 12.6. The number of piperidine rings is 1. The van der Waals surface area contributed by atoms with Crippen molar-refractivity contribution in [2.24, 2.45) is 5.92 Å². The topological polar surface area (TPSA) is 48.4 Å². The molecule has 2 N–H and O–H groups in total. The molecule has 2 heterocycles. The predicted octanol–water partition coefficient (Wildman–Crippen LogP) is 1.79. The molecule has 1 aliphatic heterocycles. The summed E-state index contributed by atoms with van der Waals surface area (Å²) in [4.78, 5) is 6.84. The minimum Gasteiger partial charge on any atom is -0.396 e. The Morgan fingerprint density at radius 3 is 3.05 bits per heavy atom. The minimum absolute atomic E-state index is 0.287. The molecule has 0 aliphatic carbocycles. The second-order valence-corrected chi connectivity index (χ2v) is 5.34. The lowest BCUT2D eigenvalue weighted by Gasteiger charge is -2.32. The zero-order valence-corrected chi connectivity index (χ0v) is 11.8. The van der Waals surface area contributed by atoms with Gasteiger partial charge in [0.1, 0.15) is 5.82 Å². The van der Waals surface area contributed by atoms with Crippen molar-refractivity contribution in [3.63, 3.8) is 0 Å². The molecular weight excluding hydrogens is 238 g/mol. The zero-order chi connectivity index (χ0) is 13.5. The average Bonchev–Trinajstić information content (AvgIpc) is 2.48. The van der Waals surface area contributed by atoms with Gasteiger partial charge in [0.2, 0.25) is 0 Å². The Morgan fingerprint density at radius 2 is 2.37 bits per heavy atom. The van der Waals surface area contributed by atoms with Gasteiger partial charge in [-0.2, -0.15) is 0 Å². The lowest BCUT2D eigenvalue weighted by Crippen LogP contribution is -2.37. The first-order chi connectivity index (χ1) is 9.33. The first-order valence-corrected chi connectivity index (χ1v) is 7.35. The van der Waals surface area contributed by atoms with E-state index in [2.05, 4.69) is 34.3 Å². The molecule has 1 unspecified atom stereocenters. The Hall–Kier alpha value is -1.13. The number of anilines is 1. The van der Waals surface area contributed by atoms with Crippen LogP contribution in [0, 0.1) is 5.92 Å². The van der Waals surface area contributed by atoms with Crippen molar-refractivity contribution >= 4 is 5.82 Å². The molecule has 0 amide bonds. The van der Waals surface area contributed by atoms with Crippen LogP contribution < -0.4 is 10.2 Å². The summed E-state index contributed by atoms with van der Waals surface area (Å²) in [6, 6.07) is 4.25. The first kappa shape index (κ1) is 14.3. The molecular formula is C15H25N3O. The van der Waals surface area contributed by atoms with E-state index in [0.717, 1.165) is 51.3 Å². The van der Waals surface area contributed by atoms with Gasteiger partial charge in [-0.1, -0.05) is 13.0 Å². The monoisotopic (exact) mass is 263 g/mol. The minimum atomic E-state index is 0.287. The fourth-order valence-corrected chi connectivity index (χ4v) is 2.54. The van der Waals surface area contributed by atoms with Crippen LogP contribution in [0.25, 0.3) is 0 Å². The molecule has 0 radical (unpaired) electrons. The number of rotatable bonds is 6. The summed E-state index contributed by atoms with van der Waals surface area (Å²) in [6.45, 7) is 6.37. The van der Waals surface area contributed by atoms with Gasteiger partial charge in [-0.3, -0.25) is 0 Å². The van der Waals surface area contributed by atoms with Crippen LogP contribution >= 0.6 is 0 Å². The molecule has 1 aromatic rings. The van der Waals surface area contributed by atoms with Gasteiger partial charge >= 0.3 is 0 Å². The van der Waals surface area contributed by atoms with Crippen molar-refractivity contribution in [1.82, 2.24) is 10.3 Å². The molecule has 4 nitrogen and oxygen atoms in total. The number of nitrogens with one attached hydrogen (secondary N) is 1. The largest absolute Gasteiger partial charge is 0.396 e. The summed E-state index contributed by atoms with van der Waals surface area (Å²) >= 11 is 0. The molecule has 2 rings (SSSR count). The fraction of sp³-hybridized carbons (Fsp3) is 0.667. The quantitative estimate of drug-likeness (QED) is 0.768. The van der Waals surface area contributed by atoms with Crippen molar-refractivity contribution < 1.29 is 5.11 Å². The van der Waals surface area contributed by atoms with Crippen LogP contribution in [-0.2, 0) is 6.54 Å². The lowest BCUT2D eigenvalue weighted by molar-refractivity contribution is 0.208.